The van der Waals surface area contributed by atoms with E-state index in [1.54, 1.807) is 6.08 Å². The first-order valence-corrected chi connectivity index (χ1v) is 5.82. The number of carbonyl (C=O) groups excluding carboxylic acids is 2. The molecule has 1 amide bonds. The van der Waals surface area contributed by atoms with E-state index in [4.69, 9.17) is 4.74 Å². The van der Waals surface area contributed by atoms with E-state index in [-0.39, 0.29) is 18.5 Å². The van der Waals surface area contributed by atoms with Crippen molar-refractivity contribution in [3.05, 3.63) is 47.5 Å². The van der Waals surface area contributed by atoms with Crippen LogP contribution in [-0.4, -0.2) is 29.9 Å². The molecule has 1 aliphatic heterocycles. The minimum atomic E-state index is -0.383. The lowest BCUT2D eigenvalue weighted by molar-refractivity contribution is -0.113. The molecule has 0 radical (unpaired) electrons. The number of hydrogen-bond donors (Lipinski definition) is 0. The smallest absolute Gasteiger partial charge is 0.410 e. The van der Waals surface area contributed by atoms with Crippen LogP contribution in [0.4, 0.5) is 4.79 Å². The van der Waals surface area contributed by atoms with Crippen LogP contribution in [0.2, 0.25) is 0 Å². The average Bonchev–Trinajstić information content (AvgIpc) is 2.87. The zero-order valence-corrected chi connectivity index (χ0v) is 10.3. The second-order valence-electron chi connectivity index (χ2n) is 4.21. The molecule has 4 heteroatoms. The van der Waals surface area contributed by atoms with Crippen LogP contribution in [0.3, 0.4) is 0 Å². The van der Waals surface area contributed by atoms with Crippen LogP contribution in [0.5, 0.6) is 0 Å². The topological polar surface area (TPSA) is 46.6 Å². The molecule has 0 spiro atoms. The van der Waals surface area contributed by atoms with Crippen molar-refractivity contribution >= 4 is 11.9 Å². The maximum absolute atomic E-state index is 11.7. The fraction of sp³-hybridized carbons (Fsp3) is 0.286. The number of rotatable bonds is 3. The first-order valence-electron chi connectivity index (χ1n) is 5.82. The van der Waals surface area contributed by atoms with Gasteiger partial charge in [0.1, 0.15) is 6.61 Å². The van der Waals surface area contributed by atoms with Crippen LogP contribution in [0.25, 0.3) is 0 Å². The highest BCUT2D eigenvalue weighted by Gasteiger charge is 2.22. The van der Waals surface area contributed by atoms with E-state index in [0.717, 1.165) is 5.56 Å². The van der Waals surface area contributed by atoms with E-state index in [0.29, 0.717) is 18.7 Å². The van der Waals surface area contributed by atoms with Gasteiger partial charge in [0.2, 0.25) is 0 Å². The molecule has 0 fully saturated rings. The van der Waals surface area contributed by atoms with E-state index in [9.17, 15) is 9.59 Å². The average molecular weight is 245 g/mol. The lowest BCUT2D eigenvalue weighted by Crippen LogP contribution is -2.30. The SMILES string of the molecule is CC(=O)C1=CCN(C(=O)OCc2ccccc2)C1. The number of hydrogen-bond acceptors (Lipinski definition) is 3. The van der Waals surface area contributed by atoms with Crippen LogP contribution in [0.1, 0.15) is 12.5 Å². The molecule has 0 aliphatic carbocycles. The molecule has 0 N–H and O–H groups in total. The van der Waals surface area contributed by atoms with Gasteiger partial charge in [-0.3, -0.25) is 4.79 Å². The first kappa shape index (κ1) is 12.4. The molecule has 0 aromatic heterocycles. The van der Waals surface area contributed by atoms with Crippen LogP contribution in [-0.2, 0) is 16.1 Å². The summed E-state index contributed by atoms with van der Waals surface area (Å²) >= 11 is 0. The van der Waals surface area contributed by atoms with Crippen LogP contribution >= 0.6 is 0 Å². The lowest BCUT2D eigenvalue weighted by Gasteiger charge is -2.15. The van der Waals surface area contributed by atoms with Crippen LogP contribution < -0.4 is 0 Å². The van der Waals surface area contributed by atoms with Crippen molar-refractivity contribution < 1.29 is 14.3 Å². The highest BCUT2D eigenvalue weighted by atomic mass is 16.6. The Morgan fingerprint density at radius 2 is 2.00 bits per heavy atom. The molecule has 4 nitrogen and oxygen atoms in total. The maximum Gasteiger partial charge on any atom is 0.410 e. The molecule has 1 aliphatic rings. The predicted octanol–water partition coefficient (Wildman–Crippen LogP) is 2.15. The summed E-state index contributed by atoms with van der Waals surface area (Å²) < 4.78 is 5.18. The van der Waals surface area contributed by atoms with Gasteiger partial charge in [0.15, 0.2) is 5.78 Å². The van der Waals surface area contributed by atoms with Gasteiger partial charge in [-0.2, -0.15) is 0 Å². The molecule has 2 rings (SSSR count). The van der Waals surface area contributed by atoms with Crippen molar-refractivity contribution in [2.24, 2.45) is 0 Å². The highest BCUT2D eigenvalue weighted by Crippen LogP contribution is 2.12. The predicted molar refractivity (Wildman–Crippen MR) is 67.0 cm³/mol. The Hall–Kier alpha value is -2.10. The molecule has 0 saturated heterocycles. The Balaban J connectivity index is 1.82. The van der Waals surface area contributed by atoms with Crippen molar-refractivity contribution in [2.75, 3.05) is 13.1 Å². The summed E-state index contributed by atoms with van der Waals surface area (Å²) in [7, 11) is 0. The highest BCUT2D eigenvalue weighted by molar-refractivity contribution is 5.95. The molecule has 0 unspecified atom stereocenters. The van der Waals surface area contributed by atoms with Gasteiger partial charge in [-0.15, -0.1) is 0 Å². The third-order valence-corrected chi connectivity index (χ3v) is 2.83. The van der Waals surface area contributed by atoms with Gasteiger partial charge >= 0.3 is 6.09 Å². The quantitative estimate of drug-likeness (QED) is 0.819. The molecule has 18 heavy (non-hydrogen) atoms. The van der Waals surface area contributed by atoms with E-state index in [1.165, 1.54) is 11.8 Å². The van der Waals surface area contributed by atoms with Gasteiger partial charge in [-0.1, -0.05) is 36.4 Å². The Labute approximate surface area is 106 Å². The summed E-state index contributed by atoms with van der Waals surface area (Å²) in [5.41, 5.74) is 1.62. The van der Waals surface area contributed by atoms with Gasteiger partial charge in [0.25, 0.3) is 0 Å². The number of Topliss-reactive ketones (excluding diaryl/α,β-unsaturated/α-hetero) is 1. The fourth-order valence-electron chi connectivity index (χ4n) is 1.76. The fourth-order valence-corrected chi connectivity index (χ4v) is 1.76. The third-order valence-electron chi connectivity index (χ3n) is 2.83. The van der Waals surface area contributed by atoms with Gasteiger partial charge in [0.05, 0.1) is 6.54 Å². The Kier molecular flexibility index (Phi) is 3.77. The minimum Gasteiger partial charge on any atom is -0.445 e. The summed E-state index contributed by atoms with van der Waals surface area (Å²) in [6.45, 7) is 2.56. The molecule has 1 aromatic rings. The van der Waals surface area contributed by atoms with E-state index < -0.39 is 0 Å². The van der Waals surface area contributed by atoms with E-state index in [1.807, 2.05) is 30.3 Å². The normalized spacial score (nSPS) is 14.3. The monoisotopic (exact) mass is 245 g/mol. The maximum atomic E-state index is 11.7. The third kappa shape index (κ3) is 2.97. The van der Waals surface area contributed by atoms with Crippen molar-refractivity contribution in [1.82, 2.24) is 4.90 Å². The second kappa shape index (κ2) is 5.49. The standard InChI is InChI=1S/C14H15NO3/c1-11(16)13-7-8-15(9-13)14(17)18-10-12-5-3-2-4-6-12/h2-7H,8-10H2,1H3. The first-order chi connectivity index (χ1) is 8.66. The zero-order chi connectivity index (χ0) is 13.0. The largest absolute Gasteiger partial charge is 0.445 e. The number of amides is 1. The number of carbonyl (C=O) groups is 2. The molecule has 0 atom stereocenters. The van der Waals surface area contributed by atoms with Gasteiger partial charge in [-0.25, -0.2) is 4.79 Å². The summed E-state index contributed by atoms with van der Waals surface area (Å²) in [6.07, 6.45) is 1.39. The molecule has 1 aromatic carbocycles. The van der Waals surface area contributed by atoms with E-state index in [2.05, 4.69) is 0 Å². The van der Waals surface area contributed by atoms with Gasteiger partial charge in [-0.05, 0) is 12.5 Å². The molecule has 94 valence electrons. The van der Waals surface area contributed by atoms with Crippen molar-refractivity contribution in [3.8, 4) is 0 Å². The summed E-state index contributed by atoms with van der Waals surface area (Å²) in [5, 5.41) is 0. The molecule has 0 saturated carbocycles. The summed E-state index contributed by atoms with van der Waals surface area (Å²) in [6, 6.07) is 9.50. The van der Waals surface area contributed by atoms with Crippen molar-refractivity contribution in [1.29, 1.82) is 0 Å². The Bertz CT molecular complexity index is 479. The lowest BCUT2D eigenvalue weighted by atomic mass is 10.2. The molecular formula is C14H15NO3. The van der Waals surface area contributed by atoms with Crippen molar-refractivity contribution in [2.45, 2.75) is 13.5 Å². The van der Waals surface area contributed by atoms with Crippen molar-refractivity contribution in [3.63, 3.8) is 0 Å². The summed E-state index contributed by atoms with van der Waals surface area (Å²) in [5.74, 6) is 0.00774. The molecular weight excluding hydrogens is 230 g/mol. The van der Waals surface area contributed by atoms with Crippen LogP contribution in [0, 0.1) is 0 Å². The Morgan fingerprint density at radius 1 is 1.28 bits per heavy atom. The zero-order valence-electron chi connectivity index (χ0n) is 10.3. The Morgan fingerprint density at radius 3 is 2.61 bits per heavy atom. The van der Waals surface area contributed by atoms with Crippen LogP contribution in [0.15, 0.2) is 42.0 Å². The minimum absolute atomic E-state index is 0.00774. The van der Waals surface area contributed by atoms with Gasteiger partial charge < -0.3 is 9.64 Å². The molecule has 0 bridgehead atoms. The number of ketones is 1. The second-order valence-corrected chi connectivity index (χ2v) is 4.21. The van der Waals surface area contributed by atoms with E-state index >= 15 is 0 Å². The number of benzene rings is 1. The number of ether oxygens (including phenoxy) is 1. The summed E-state index contributed by atoms with van der Waals surface area (Å²) in [4.78, 5) is 24.4. The van der Waals surface area contributed by atoms with Gasteiger partial charge in [0, 0.05) is 12.1 Å². The number of nitrogens with zero attached hydrogens (tertiary/aromatic N) is 1. The molecule has 1 heterocycles.